The fourth-order valence-electron chi connectivity index (χ4n) is 4.35. The first-order chi connectivity index (χ1) is 7.68. The molecular weight excluding hydrogens is 212 g/mol. The van der Waals surface area contributed by atoms with Crippen LogP contribution in [0.2, 0.25) is 0 Å². The van der Waals surface area contributed by atoms with Gasteiger partial charge in [-0.05, 0) is 48.9 Å². The van der Waals surface area contributed by atoms with E-state index in [1.54, 1.807) is 0 Å². The van der Waals surface area contributed by atoms with Gasteiger partial charge < -0.3 is 0 Å². The summed E-state index contributed by atoms with van der Waals surface area (Å²) in [5, 5.41) is 1.92. The van der Waals surface area contributed by atoms with Crippen LogP contribution < -0.4 is 0 Å². The minimum absolute atomic E-state index is 0.906. The molecule has 0 aromatic carbocycles. The average molecular weight is 236 g/mol. The summed E-state index contributed by atoms with van der Waals surface area (Å²) in [7, 11) is 0. The molecule has 0 radical (unpaired) electrons. The number of thioether (sulfide) groups is 1. The lowest BCUT2D eigenvalue weighted by Crippen LogP contribution is -2.39. The van der Waals surface area contributed by atoms with Gasteiger partial charge in [-0.3, -0.25) is 0 Å². The first-order valence-corrected chi connectivity index (χ1v) is 7.95. The van der Waals surface area contributed by atoms with Crippen LogP contribution >= 0.6 is 11.8 Å². The summed E-state index contributed by atoms with van der Waals surface area (Å²) in [6.07, 6.45) is 9.23. The molecule has 0 aromatic rings. The summed E-state index contributed by atoms with van der Waals surface area (Å²) < 4.78 is 0. The number of hydrogen-bond donors (Lipinski definition) is 0. The highest BCUT2D eigenvalue weighted by Crippen LogP contribution is 2.57. The van der Waals surface area contributed by atoms with Gasteiger partial charge in [0, 0.05) is 10.5 Å². The van der Waals surface area contributed by atoms with Gasteiger partial charge >= 0.3 is 0 Å². The smallest absolute Gasteiger partial charge is 0.0119 e. The van der Waals surface area contributed by atoms with Crippen LogP contribution in [0.5, 0.6) is 0 Å². The highest BCUT2D eigenvalue weighted by molar-refractivity contribution is 8.00. The molecule has 7 atom stereocenters. The van der Waals surface area contributed by atoms with E-state index >= 15 is 0 Å². The normalized spacial score (nSPS) is 55.8. The van der Waals surface area contributed by atoms with E-state index in [0.717, 1.165) is 40.1 Å². The molecule has 2 unspecified atom stereocenters. The van der Waals surface area contributed by atoms with Gasteiger partial charge in [-0.25, -0.2) is 0 Å². The molecule has 3 aliphatic rings. The van der Waals surface area contributed by atoms with E-state index in [1.807, 2.05) is 0 Å². The molecule has 0 N–H and O–H groups in total. The Bertz CT molecular complexity index is 296. The molecule has 16 heavy (non-hydrogen) atoms. The van der Waals surface area contributed by atoms with E-state index in [1.165, 1.54) is 19.3 Å². The second kappa shape index (κ2) is 4.08. The molecule has 0 nitrogen and oxygen atoms in total. The third kappa shape index (κ3) is 1.58. The lowest BCUT2D eigenvalue weighted by atomic mass is 9.64. The quantitative estimate of drug-likeness (QED) is 0.563. The van der Waals surface area contributed by atoms with Crippen molar-refractivity contribution in [2.45, 2.75) is 50.5 Å². The van der Waals surface area contributed by atoms with E-state index in [2.05, 4.69) is 44.7 Å². The van der Waals surface area contributed by atoms with Crippen molar-refractivity contribution in [2.24, 2.45) is 29.6 Å². The standard InChI is InChI=1S/C15H24S/c1-9-8-10(2)15-14(11(9)3)12-6-4-5-7-13(12)16-15/h4,6,9-15H,5,7-8H2,1-3H3/t9-,10+,11-,12+,13?,14+,15?/m0/s1. The van der Waals surface area contributed by atoms with Gasteiger partial charge in [0.05, 0.1) is 0 Å². The lowest BCUT2D eigenvalue weighted by Gasteiger charge is -2.42. The van der Waals surface area contributed by atoms with E-state index in [0.29, 0.717) is 0 Å². The molecule has 1 heteroatoms. The van der Waals surface area contributed by atoms with Crippen LogP contribution in [0.15, 0.2) is 12.2 Å². The average Bonchev–Trinajstić information content (AvgIpc) is 2.66. The van der Waals surface area contributed by atoms with Gasteiger partial charge in [0.2, 0.25) is 0 Å². The largest absolute Gasteiger partial charge is 0.154 e. The number of hydrogen-bond acceptors (Lipinski definition) is 1. The topological polar surface area (TPSA) is 0 Å². The molecule has 90 valence electrons. The fraction of sp³-hybridized carbons (Fsp3) is 0.867. The number of rotatable bonds is 0. The monoisotopic (exact) mass is 236 g/mol. The number of allylic oxidation sites excluding steroid dienone is 2. The maximum Gasteiger partial charge on any atom is 0.0119 e. The minimum Gasteiger partial charge on any atom is -0.154 e. The first-order valence-electron chi connectivity index (χ1n) is 7.00. The van der Waals surface area contributed by atoms with Crippen LogP contribution in [-0.4, -0.2) is 10.5 Å². The second-order valence-electron chi connectivity index (χ2n) is 6.35. The van der Waals surface area contributed by atoms with Gasteiger partial charge in [0.15, 0.2) is 0 Å². The van der Waals surface area contributed by atoms with Crippen molar-refractivity contribution in [1.29, 1.82) is 0 Å². The Morgan fingerprint density at radius 1 is 1.12 bits per heavy atom. The predicted octanol–water partition coefficient (Wildman–Crippen LogP) is 4.36. The Kier molecular flexibility index (Phi) is 2.86. The highest BCUT2D eigenvalue weighted by Gasteiger charge is 2.50. The van der Waals surface area contributed by atoms with Gasteiger partial charge in [0.1, 0.15) is 0 Å². The molecule has 1 saturated carbocycles. The van der Waals surface area contributed by atoms with Crippen molar-refractivity contribution in [3.05, 3.63) is 12.2 Å². The van der Waals surface area contributed by atoms with Crippen LogP contribution in [0.1, 0.15) is 40.0 Å². The maximum atomic E-state index is 2.56. The Morgan fingerprint density at radius 3 is 2.75 bits per heavy atom. The van der Waals surface area contributed by atoms with E-state index in [-0.39, 0.29) is 0 Å². The van der Waals surface area contributed by atoms with Crippen molar-refractivity contribution >= 4 is 11.8 Å². The molecule has 1 aliphatic heterocycles. The molecule has 2 aliphatic carbocycles. The van der Waals surface area contributed by atoms with E-state index in [9.17, 15) is 0 Å². The van der Waals surface area contributed by atoms with E-state index in [4.69, 9.17) is 0 Å². The molecule has 0 amide bonds. The number of fused-ring (bicyclic) bond motifs is 3. The van der Waals surface area contributed by atoms with Gasteiger partial charge in [-0.2, -0.15) is 11.8 Å². The SMILES string of the molecule is C[C@@H]1[C@H]2C(SC3CCC=C[C@H]32)[C@H](C)C[C@@H]1C. The second-order valence-corrected chi connectivity index (χ2v) is 7.77. The fourth-order valence-corrected chi connectivity index (χ4v) is 6.47. The van der Waals surface area contributed by atoms with Gasteiger partial charge in [-0.15, -0.1) is 0 Å². The summed E-state index contributed by atoms with van der Waals surface area (Å²) in [6.45, 7) is 7.48. The summed E-state index contributed by atoms with van der Waals surface area (Å²) >= 11 is 2.34. The van der Waals surface area contributed by atoms with Crippen LogP contribution in [-0.2, 0) is 0 Å². The molecule has 0 bridgehead atoms. The van der Waals surface area contributed by atoms with Crippen LogP contribution in [0.4, 0.5) is 0 Å². The zero-order valence-corrected chi connectivity index (χ0v) is 11.5. The molecule has 0 aromatic heterocycles. The van der Waals surface area contributed by atoms with Crippen LogP contribution in [0, 0.1) is 29.6 Å². The molecule has 2 fully saturated rings. The molecule has 0 spiro atoms. The Morgan fingerprint density at radius 2 is 1.94 bits per heavy atom. The van der Waals surface area contributed by atoms with Gasteiger partial charge in [0.25, 0.3) is 0 Å². The van der Waals surface area contributed by atoms with Crippen LogP contribution in [0.3, 0.4) is 0 Å². The summed E-state index contributed by atoms with van der Waals surface area (Å²) in [4.78, 5) is 0. The van der Waals surface area contributed by atoms with Crippen molar-refractivity contribution in [3.8, 4) is 0 Å². The van der Waals surface area contributed by atoms with Crippen molar-refractivity contribution in [3.63, 3.8) is 0 Å². The third-order valence-electron chi connectivity index (χ3n) is 5.37. The molecule has 1 saturated heterocycles. The minimum atomic E-state index is 0.906. The van der Waals surface area contributed by atoms with Crippen LogP contribution in [0.25, 0.3) is 0 Å². The Hall–Kier alpha value is 0.0900. The summed E-state index contributed by atoms with van der Waals surface area (Å²) in [5.74, 6) is 4.70. The lowest BCUT2D eigenvalue weighted by molar-refractivity contribution is 0.122. The summed E-state index contributed by atoms with van der Waals surface area (Å²) in [5.41, 5.74) is 0. The zero-order chi connectivity index (χ0) is 11.3. The van der Waals surface area contributed by atoms with Gasteiger partial charge in [-0.1, -0.05) is 32.9 Å². The predicted molar refractivity (Wildman–Crippen MR) is 72.6 cm³/mol. The van der Waals surface area contributed by atoms with E-state index < -0.39 is 0 Å². The third-order valence-corrected chi connectivity index (χ3v) is 7.36. The highest BCUT2D eigenvalue weighted by atomic mass is 32.2. The first kappa shape index (κ1) is 11.2. The maximum absolute atomic E-state index is 2.56. The van der Waals surface area contributed by atoms with Crippen molar-refractivity contribution in [1.82, 2.24) is 0 Å². The molecular formula is C15H24S. The van der Waals surface area contributed by atoms with Crippen molar-refractivity contribution in [2.75, 3.05) is 0 Å². The Labute approximate surface area is 104 Å². The Balaban J connectivity index is 1.90. The molecule has 1 heterocycles. The summed E-state index contributed by atoms with van der Waals surface area (Å²) in [6, 6.07) is 0. The zero-order valence-electron chi connectivity index (χ0n) is 10.7. The van der Waals surface area contributed by atoms with Crippen molar-refractivity contribution < 1.29 is 0 Å². The molecule has 3 rings (SSSR count).